The van der Waals surface area contributed by atoms with Gasteiger partial charge in [-0.25, -0.2) is 4.79 Å². The van der Waals surface area contributed by atoms with E-state index in [0.717, 1.165) is 10.3 Å². The van der Waals surface area contributed by atoms with Gasteiger partial charge in [0, 0.05) is 52.6 Å². The van der Waals surface area contributed by atoms with E-state index in [-0.39, 0.29) is 5.91 Å². The van der Waals surface area contributed by atoms with Crippen LogP contribution in [0.15, 0.2) is 67.9 Å². The number of carbonyl (C=O) groups is 1. The van der Waals surface area contributed by atoms with E-state index in [1.807, 2.05) is 39.8 Å². The largest absolute Gasteiger partial charge is 0.459 e. The lowest BCUT2D eigenvalue weighted by molar-refractivity contribution is 0.0714. The summed E-state index contributed by atoms with van der Waals surface area (Å²) in [6.45, 7) is 2.34. The molecular weight excluding hydrogens is 536 g/mol. The maximum atomic E-state index is 13.3. The van der Waals surface area contributed by atoms with Crippen molar-refractivity contribution in [3.8, 4) is 5.69 Å². The Morgan fingerprint density at radius 2 is 1.77 bits per heavy atom. The molecule has 6 rings (SSSR count). The number of nitrogens with zero attached hydrogens (tertiary/aromatic N) is 10. The molecule has 0 atom stereocenters. The summed E-state index contributed by atoms with van der Waals surface area (Å²) in [5.74, 6) is 1.24. The molecular formula is C25H26N10O4S. The average Bonchev–Trinajstić information content (AvgIpc) is 3.76. The van der Waals surface area contributed by atoms with Gasteiger partial charge in [-0.05, 0) is 34.7 Å². The Kier molecular flexibility index (Phi) is 6.71. The van der Waals surface area contributed by atoms with Crippen LogP contribution in [0.2, 0.25) is 0 Å². The minimum atomic E-state index is -0.445. The van der Waals surface area contributed by atoms with E-state index in [1.54, 1.807) is 28.8 Å². The van der Waals surface area contributed by atoms with Crippen molar-refractivity contribution in [2.45, 2.75) is 11.7 Å². The molecule has 4 aromatic heterocycles. The van der Waals surface area contributed by atoms with E-state index >= 15 is 0 Å². The van der Waals surface area contributed by atoms with Crippen LogP contribution in [0.3, 0.4) is 0 Å². The molecule has 0 aliphatic carbocycles. The van der Waals surface area contributed by atoms with E-state index < -0.39 is 11.2 Å². The predicted molar refractivity (Wildman–Crippen MR) is 147 cm³/mol. The van der Waals surface area contributed by atoms with Crippen molar-refractivity contribution in [2.75, 3.05) is 36.8 Å². The summed E-state index contributed by atoms with van der Waals surface area (Å²) >= 11 is 1.45. The number of aromatic nitrogens is 8. The summed E-state index contributed by atoms with van der Waals surface area (Å²) in [6.07, 6.45) is 1.48. The minimum absolute atomic E-state index is 0.165. The molecule has 0 N–H and O–H groups in total. The van der Waals surface area contributed by atoms with Crippen LogP contribution in [0.1, 0.15) is 10.6 Å². The Morgan fingerprint density at radius 3 is 2.50 bits per heavy atom. The van der Waals surface area contributed by atoms with Crippen molar-refractivity contribution in [3.05, 3.63) is 75.3 Å². The van der Waals surface area contributed by atoms with Crippen molar-refractivity contribution in [1.82, 2.24) is 43.8 Å². The van der Waals surface area contributed by atoms with Crippen LogP contribution in [0, 0.1) is 0 Å². The fraction of sp³-hybridized carbons (Fsp3) is 0.320. The number of fused-ring (bicyclic) bond motifs is 1. The topological polar surface area (TPSA) is 142 Å². The number of imidazole rings is 1. The number of anilines is 1. The van der Waals surface area contributed by atoms with Crippen molar-refractivity contribution in [3.63, 3.8) is 0 Å². The van der Waals surface area contributed by atoms with Gasteiger partial charge in [0.25, 0.3) is 11.5 Å². The Morgan fingerprint density at radius 1 is 1.00 bits per heavy atom. The molecule has 206 valence electrons. The molecule has 0 unspecified atom stereocenters. The number of furan rings is 1. The van der Waals surface area contributed by atoms with Crippen LogP contribution in [-0.2, 0) is 20.6 Å². The van der Waals surface area contributed by atoms with E-state index in [2.05, 4.69) is 15.5 Å². The lowest BCUT2D eigenvalue weighted by Crippen LogP contribution is -2.49. The van der Waals surface area contributed by atoms with Crippen molar-refractivity contribution < 1.29 is 9.21 Å². The Bertz CT molecular complexity index is 1780. The molecule has 1 aromatic carbocycles. The first kappa shape index (κ1) is 25.6. The van der Waals surface area contributed by atoms with Crippen molar-refractivity contribution >= 4 is 34.8 Å². The summed E-state index contributed by atoms with van der Waals surface area (Å²) in [5.41, 5.74) is 0.643. The molecule has 0 radical (unpaired) electrons. The highest BCUT2D eigenvalue weighted by atomic mass is 32.2. The number of para-hydroxylation sites is 1. The highest BCUT2D eigenvalue weighted by Crippen LogP contribution is 2.24. The average molecular weight is 563 g/mol. The first-order valence-electron chi connectivity index (χ1n) is 12.6. The van der Waals surface area contributed by atoms with Crippen LogP contribution in [-0.4, -0.2) is 81.6 Å². The second kappa shape index (κ2) is 10.5. The molecule has 40 heavy (non-hydrogen) atoms. The number of hydrogen-bond donors (Lipinski definition) is 0. The molecule has 15 heteroatoms. The zero-order chi connectivity index (χ0) is 27.8. The molecule has 0 spiro atoms. The Labute approximate surface area is 231 Å². The SMILES string of the molecule is Cn1c(=O)c2c(nc(N3CCN(C(=O)c4ccco4)CC3)n2CCSc2nnnn2-c2ccccc2)n(C)c1=O. The maximum Gasteiger partial charge on any atom is 0.332 e. The normalized spacial score (nSPS) is 13.8. The second-order valence-electron chi connectivity index (χ2n) is 9.26. The number of amides is 1. The number of carbonyl (C=O) groups excluding carboxylic acids is 1. The van der Waals surface area contributed by atoms with E-state index in [4.69, 9.17) is 9.40 Å². The summed E-state index contributed by atoms with van der Waals surface area (Å²) in [4.78, 5) is 47.2. The van der Waals surface area contributed by atoms with E-state index in [1.165, 1.54) is 29.6 Å². The molecule has 1 amide bonds. The van der Waals surface area contributed by atoms with Gasteiger partial charge in [0.15, 0.2) is 16.9 Å². The fourth-order valence-corrected chi connectivity index (χ4v) is 5.60. The third-order valence-electron chi connectivity index (χ3n) is 6.90. The molecule has 1 saturated heterocycles. The number of aryl methyl sites for hydroxylation is 2. The Balaban J connectivity index is 1.28. The van der Waals surface area contributed by atoms with Crippen LogP contribution < -0.4 is 16.1 Å². The maximum absolute atomic E-state index is 13.3. The fourth-order valence-electron chi connectivity index (χ4n) is 4.78. The van der Waals surface area contributed by atoms with E-state index in [9.17, 15) is 14.4 Å². The van der Waals surface area contributed by atoms with Crippen molar-refractivity contribution in [1.29, 1.82) is 0 Å². The zero-order valence-electron chi connectivity index (χ0n) is 21.9. The molecule has 1 aliphatic rings. The van der Waals surface area contributed by atoms with Gasteiger partial charge >= 0.3 is 5.69 Å². The first-order valence-corrected chi connectivity index (χ1v) is 13.6. The molecule has 1 aliphatic heterocycles. The lowest BCUT2D eigenvalue weighted by atomic mass is 10.3. The smallest absolute Gasteiger partial charge is 0.332 e. The van der Waals surface area contributed by atoms with E-state index in [0.29, 0.717) is 66.5 Å². The highest BCUT2D eigenvalue weighted by molar-refractivity contribution is 7.99. The van der Waals surface area contributed by atoms with Crippen LogP contribution >= 0.6 is 11.8 Å². The van der Waals surface area contributed by atoms with Crippen LogP contribution in [0.4, 0.5) is 5.95 Å². The van der Waals surface area contributed by atoms with Gasteiger partial charge in [0.2, 0.25) is 11.1 Å². The van der Waals surface area contributed by atoms with Crippen LogP contribution in [0.25, 0.3) is 16.9 Å². The zero-order valence-corrected chi connectivity index (χ0v) is 22.7. The van der Waals surface area contributed by atoms with Gasteiger partial charge in [-0.1, -0.05) is 30.0 Å². The number of hydrogen-bond acceptors (Lipinski definition) is 10. The molecule has 5 heterocycles. The third kappa shape index (κ3) is 4.47. The predicted octanol–water partition coefficient (Wildman–Crippen LogP) is 0.757. The monoisotopic (exact) mass is 562 g/mol. The Hall–Kier alpha value is -4.66. The minimum Gasteiger partial charge on any atom is -0.459 e. The lowest BCUT2D eigenvalue weighted by Gasteiger charge is -2.35. The molecule has 1 fully saturated rings. The van der Waals surface area contributed by atoms with Crippen LogP contribution in [0.5, 0.6) is 0 Å². The second-order valence-corrected chi connectivity index (χ2v) is 10.3. The number of piperazine rings is 1. The summed E-state index contributed by atoms with van der Waals surface area (Å²) in [7, 11) is 3.07. The standard InChI is InChI=1S/C25H26N10O4S/c1-30-20-19(22(37)31(2)25(30)38)34(14-16-40-24-27-28-29-35(24)17-7-4-3-5-8-17)23(26-20)33-12-10-32(11-13-33)21(36)18-9-6-15-39-18/h3-9,15H,10-14,16H2,1-2H3. The summed E-state index contributed by atoms with van der Waals surface area (Å²) in [6, 6.07) is 12.9. The molecule has 5 aromatic rings. The van der Waals surface area contributed by atoms with Gasteiger partial charge in [-0.15, -0.1) is 5.10 Å². The quantitative estimate of drug-likeness (QED) is 0.261. The van der Waals surface area contributed by atoms with Gasteiger partial charge in [-0.2, -0.15) is 9.67 Å². The molecule has 0 saturated carbocycles. The number of thioether (sulfide) groups is 1. The number of tetrazole rings is 1. The summed E-state index contributed by atoms with van der Waals surface area (Å²) < 4.78 is 11.3. The van der Waals surface area contributed by atoms with Gasteiger partial charge in [0.1, 0.15) is 0 Å². The number of benzene rings is 1. The highest BCUT2D eigenvalue weighted by Gasteiger charge is 2.28. The number of rotatable bonds is 7. The van der Waals surface area contributed by atoms with Crippen molar-refractivity contribution in [2.24, 2.45) is 14.1 Å². The summed E-state index contributed by atoms with van der Waals surface area (Å²) in [5, 5.41) is 12.7. The third-order valence-corrected chi connectivity index (χ3v) is 7.80. The molecule has 0 bridgehead atoms. The molecule has 14 nitrogen and oxygen atoms in total. The van der Waals surface area contributed by atoms with Gasteiger partial charge in [-0.3, -0.25) is 18.7 Å². The first-order chi connectivity index (χ1) is 19.4. The van der Waals surface area contributed by atoms with Gasteiger partial charge in [0.05, 0.1) is 12.0 Å². The van der Waals surface area contributed by atoms with Gasteiger partial charge < -0.3 is 18.8 Å².